The molecule has 0 amide bonds. The lowest BCUT2D eigenvalue weighted by molar-refractivity contribution is 0.578. The van der Waals surface area contributed by atoms with Crippen molar-refractivity contribution in [3.63, 3.8) is 0 Å². The molecule has 0 aliphatic carbocycles. The summed E-state index contributed by atoms with van der Waals surface area (Å²) in [6.07, 6.45) is 3.81. The predicted molar refractivity (Wildman–Crippen MR) is 53.0 cm³/mol. The molecule has 0 fully saturated rings. The van der Waals surface area contributed by atoms with Gasteiger partial charge in [-0.25, -0.2) is 4.68 Å². The van der Waals surface area contributed by atoms with Gasteiger partial charge >= 0.3 is 0 Å². The number of aromatic nitrogens is 2. The predicted octanol–water partition coefficient (Wildman–Crippen LogP) is 1.84. The van der Waals surface area contributed by atoms with Gasteiger partial charge in [-0.2, -0.15) is 10.4 Å². The van der Waals surface area contributed by atoms with Crippen molar-refractivity contribution >= 4 is 17.6 Å². The molecule has 5 heteroatoms. The van der Waals surface area contributed by atoms with Gasteiger partial charge in [0.2, 0.25) is 0 Å². The third-order valence-electron chi connectivity index (χ3n) is 1.72. The Morgan fingerprint density at radius 1 is 1.77 bits per heavy atom. The van der Waals surface area contributed by atoms with Gasteiger partial charge in [-0.1, -0.05) is 13.3 Å². The third kappa shape index (κ3) is 2.39. The Bertz CT molecular complexity index is 312. The van der Waals surface area contributed by atoms with Crippen LogP contribution in [0.2, 0.25) is 0 Å². The molecular formula is C8H12N4S. The van der Waals surface area contributed by atoms with Crippen LogP contribution in [0.25, 0.3) is 0 Å². The molecule has 0 aliphatic rings. The lowest BCUT2D eigenvalue weighted by Crippen LogP contribution is -2.04. The number of hydrogen-bond donors (Lipinski definition) is 1. The van der Waals surface area contributed by atoms with Crippen molar-refractivity contribution in [2.75, 3.05) is 5.73 Å². The van der Waals surface area contributed by atoms with Gasteiger partial charge in [0.1, 0.15) is 11.2 Å². The van der Waals surface area contributed by atoms with E-state index in [1.165, 1.54) is 0 Å². The number of aryl methyl sites for hydroxylation is 1. The number of thioether (sulfide) groups is 1. The Kier molecular flexibility index (Phi) is 3.65. The molecule has 0 aliphatic heterocycles. The zero-order chi connectivity index (χ0) is 9.68. The summed E-state index contributed by atoms with van der Waals surface area (Å²) in [6.45, 7) is 2.94. The summed E-state index contributed by atoms with van der Waals surface area (Å²) in [7, 11) is 0. The molecule has 1 aromatic heterocycles. The van der Waals surface area contributed by atoms with Gasteiger partial charge in [0.15, 0.2) is 0 Å². The molecule has 0 saturated heterocycles. The first-order valence-corrected chi connectivity index (χ1v) is 4.98. The van der Waals surface area contributed by atoms with Crippen LogP contribution in [-0.2, 0) is 6.54 Å². The Hall–Kier alpha value is -1.15. The molecule has 1 rings (SSSR count). The van der Waals surface area contributed by atoms with Crippen LogP contribution in [-0.4, -0.2) is 9.78 Å². The van der Waals surface area contributed by atoms with Gasteiger partial charge in [-0.15, -0.1) is 0 Å². The van der Waals surface area contributed by atoms with E-state index in [1.54, 1.807) is 10.9 Å². The van der Waals surface area contributed by atoms with Gasteiger partial charge in [-0.3, -0.25) is 0 Å². The van der Waals surface area contributed by atoms with Crippen molar-refractivity contribution in [2.45, 2.75) is 31.2 Å². The van der Waals surface area contributed by atoms with Gasteiger partial charge in [0, 0.05) is 6.54 Å². The molecule has 1 aromatic rings. The normalized spacial score (nSPS) is 9.85. The van der Waals surface area contributed by atoms with E-state index in [9.17, 15) is 0 Å². The molecule has 13 heavy (non-hydrogen) atoms. The summed E-state index contributed by atoms with van der Waals surface area (Å²) in [5.41, 5.74) is 5.76. The molecule has 1 heterocycles. The van der Waals surface area contributed by atoms with Crippen LogP contribution in [0.5, 0.6) is 0 Å². The Balaban J connectivity index is 2.69. The largest absolute Gasteiger partial charge is 0.383 e. The van der Waals surface area contributed by atoms with Crippen LogP contribution in [0.4, 0.5) is 5.82 Å². The molecule has 0 unspecified atom stereocenters. The van der Waals surface area contributed by atoms with Gasteiger partial charge < -0.3 is 5.73 Å². The van der Waals surface area contributed by atoms with E-state index >= 15 is 0 Å². The second kappa shape index (κ2) is 4.77. The molecule has 0 saturated carbocycles. The number of hydrogen-bond acceptors (Lipinski definition) is 4. The highest BCUT2D eigenvalue weighted by Gasteiger charge is 2.06. The number of rotatable bonds is 4. The van der Waals surface area contributed by atoms with Gasteiger partial charge in [-0.05, 0) is 18.2 Å². The topological polar surface area (TPSA) is 67.6 Å². The summed E-state index contributed by atoms with van der Waals surface area (Å²) < 4.78 is 1.74. The van der Waals surface area contributed by atoms with Crippen molar-refractivity contribution in [3.05, 3.63) is 6.20 Å². The minimum atomic E-state index is 0.597. The number of nitrogens with two attached hydrogens (primary N) is 1. The first-order valence-electron chi connectivity index (χ1n) is 4.16. The van der Waals surface area contributed by atoms with Crippen molar-refractivity contribution in [2.24, 2.45) is 0 Å². The number of nitrogen functional groups attached to an aromatic ring is 1. The Labute approximate surface area is 81.7 Å². The maximum atomic E-state index is 8.45. The Morgan fingerprint density at radius 3 is 3.15 bits per heavy atom. The fraction of sp³-hybridized carbons (Fsp3) is 0.500. The standard InChI is InChI=1S/C8H12N4S/c1-2-3-4-12-8(10)7(5-11-12)13-6-9/h5H,2-4,10H2,1H3. The van der Waals surface area contributed by atoms with Gasteiger partial charge in [0.05, 0.1) is 11.1 Å². The summed E-state index contributed by atoms with van der Waals surface area (Å²) >= 11 is 1.05. The summed E-state index contributed by atoms with van der Waals surface area (Å²) in [5, 5.41) is 14.5. The second-order valence-corrected chi connectivity index (χ2v) is 3.49. The third-order valence-corrected chi connectivity index (χ3v) is 2.35. The van der Waals surface area contributed by atoms with Crippen LogP contribution >= 0.6 is 11.8 Å². The van der Waals surface area contributed by atoms with Crippen molar-refractivity contribution in [1.29, 1.82) is 5.26 Å². The number of anilines is 1. The van der Waals surface area contributed by atoms with Crippen molar-refractivity contribution in [1.82, 2.24) is 9.78 Å². The van der Waals surface area contributed by atoms with Gasteiger partial charge in [0.25, 0.3) is 0 Å². The van der Waals surface area contributed by atoms with Crippen LogP contribution in [0.15, 0.2) is 11.1 Å². The molecule has 4 nitrogen and oxygen atoms in total. The highest BCUT2D eigenvalue weighted by molar-refractivity contribution is 8.03. The lowest BCUT2D eigenvalue weighted by atomic mass is 10.3. The van der Waals surface area contributed by atoms with E-state index in [4.69, 9.17) is 11.0 Å². The fourth-order valence-electron chi connectivity index (χ4n) is 0.992. The number of nitrogens with zero attached hydrogens (tertiary/aromatic N) is 3. The van der Waals surface area contributed by atoms with Crippen LogP contribution in [0.3, 0.4) is 0 Å². The van der Waals surface area contributed by atoms with Crippen molar-refractivity contribution < 1.29 is 0 Å². The summed E-state index contributed by atoms with van der Waals surface area (Å²) in [5.74, 6) is 0.597. The quantitative estimate of drug-likeness (QED) is 0.589. The summed E-state index contributed by atoms with van der Waals surface area (Å²) in [6, 6.07) is 0. The average molecular weight is 196 g/mol. The zero-order valence-corrected chi connectivity index (χ0v) is 8.34. The van der Waals surface area contributed by atoms with Crippen molar-refractivity contribution in [3.8, 4) is 5.40 Å². The zero-order valence-electron chi connectivity index (χ0n) is 7.53. The van der Waals surface area contributed by atoms with E-state index in [-0.39, 0.29) is 0 Å². The van der Waals surface area contributed by atoms with Crippen LogP contribution < -0.4 is 5.73 Å². The minimum Gasteiger partial charge on any atom is -0.383 e. The maximum absolute atomic E-state index is 8.45. The number of nitriles is 1. The minimum absolute atomic E-state index is 0.597. The van der Waals surface area contributed by atoms with E-state index in [0.717, 1.165) is 36.0 Å². The summed E-state index contributed by atoms with van der Waals surface area (Å²) in [4.78, 5) is 0.749. The monoisotopic (exact) mass is 196 g/mol. The number of unbranched alkanes of at least 4 members (excludes halogenated alkanes) is 1. The van der Waals surface area contributed by atoms with E-state index in [2.05, 4.69) is 12.0 Å². The fourth-order valence-corrected chi connectivity index (χ4v) is 1.40. The van der Waals surface area contributed by atoms with E-state index in [0.29, 0.717) is 5.82 Å². The number of thiocyanates is 1. The molecule has 70 valence electrons. The first-order chi connectivity index (χ1) is 6.29. The first kappa shape index (κ1) is 9.93. The van der Waals surface area contributed by atoms with Crippen LogP contribution in [0.1, 0.15) is 19.8 Å². The Morgan fingerprint density at radius 2 is 2.54 bits per heavy atom. The maximum Gasteiger partial charge on any atom is 0.138 e. The molecule has 2 N–H and O–H groups in total. The molecule has 0 bridgehead atoms. The molecule has 0 aromatic carbocycles. The highest BCUT2D eigenvalue weighted by atomic mass is 32.2. The van der Waals surface area contributed by atoms with E-state index in [1.807, 2.05) is 5.40 Å². The molecule has 0 spiro atoms. The molecule has 0 radical (unpaired) electrons. The smallest absolute Gasteiger partial charge is 0.138 e. The lowest BCUT2D eigenvalue weighted by Gasteiger charge is -2.01. The average Bonchev–Trinajstić information content (AvgIpc) is 2.46. The SMILES string of the molecule is CCCCn1ncc(SC#N)c1N. The van der Waals surface area contributed by atoms with E-state index < -0.39 is 0 Å². The highest BCUT2D eigenvalue weighted by Crippen LogP contribution is 2.23. The molecular weight excluding hydrogens is 184 g/mol. The van der Waals surface area contributed by atoms with Crippen LogP contribution in [0, 0.1) is 10.7 Å². The second-order valence-electron chi connectivity index (χ2n) is 2.66. The molecule has 0 atom stereocenters.